The van der Waals surface area contributed by atoms with Gasteiger partial charge in [-0.25, -0.2) is 4.79 Å². The van der Waals surface area contributed by atoms with E-state index < -0.39 is 11.9 Å². The fraction of sp³-hybridized carbons (Fsp3) is 0.0909. The quantitative estimate of drug-likeness (QED) is 0.654. The summed E-state index contributed by atoms with van der Waals surface area (Å²) in [5, 5.41) is 8.75. The number of amides is 1. The van der Waals surface area contributed by atoms with Gasteiger partial charge in [0, 0.05) is 12.1 Å². The molecule has 84 valence electrons. The van der Waals surface area contributed by atoms with Gasteiger partial charge in [0.25, 0.3) is 0 Å². The minimum absolute atomic E-state index is 0.0621. The van der Waals surface area contributed by atoms with Crippen molar-refractivity contribution in [1.82, 2.24) is 0 Å². The Balaban J connectivity index is 2.85. The molecule has 0 unspecified atom stereocenters. The first-order valence-corrected chi connectivity index (χ1v) is 4.58. The highest BCUT2D eigenvalue weighted by Crippen LogP contribution is 2.15. The average Bonchev–Trinajstić information content (AvgIpc) is 2.16. The van der Waals surface area contributed by atoms with Crippen LogP contribution in [0.15, 0.2) is 24.3 Å². The third kappa shape index (κ3) is 3.13. The summed E-state index contributed by atoms with van der Waals surface area (Å²) in [4.78, 5) is 21.1. The molecule has 0 aliphatic carbocycles. The van der Waals surface area contributed by atoms with Crippen molar-refractivity contribution >= 4 is 23.6 Å². The number of nitrogens with two attached hydrogens (primary N) is 2. The summed E-state index contributed by atoms with van der Waals surface area (Å²) in [5.74, 6) is -1.49. The zero-order valence-electron chi connectivity index (χ0n) is 8.51. The Morgan fingerprint density at radius 3 is 2.56 bits per heavy atom. The van der Waals surface area contributed by atoms with Crippen LogP contribution >= 0.6 is 0 Å². The van der Waals surface area contributed by atoms with E-state index in [4.69, 9.17) is 16.6 Å². The molecule has 0 aliphatic rings. The molecule has 1 rings (SSSR count). The highest BCUT2D eigenvalue weighted by molar-refractivity contribution is 5.94. The second-order valence-corrected chi connectivity index (χ2v) is 3.22. The Labute approximate surface area is 92.4 Å². The number of rotatable bonds is 4. The van der Waals surface area contributed by atoms with E-state index in [1.807, 2.05) is 0 Å². The number of carboxylic acid groups (broad SMARTS) is 1. The number of aromatic carboxylic acids is 1. The predicted molar refractivity (Wildman–Crippen MR) is 60.7 cm³/mol. The third-order valence-corrected chi connectivity index (χ3v) is 1.94. The van der Waals surface area contributed by atoms with Crippen LogP contribution in [0.3, 0.4) is 0 Å². The van der Waals surface area contributed by atoms with E-state index in [2.05, 4.69) is 0 Å². The fourth-order valence-electron chi connectivity index (χ4n) is 1.19. The number of anilines is 1. The molecule has 0 atom stereocenters. The largest absolute Gasteiger partial charge is 0.478 e. The Hall–Kier alpha value is -2.30. The topological polar surface area (TPSA) is 106 Å². The van der Waals surface area contributed by atoms with Crippen LogP contribution < -0.4 is 11.5 Å². The maximum atomic E-state index is 10.7. The Bertz CT molecular complexity index is 453. The number of hydrogen-bond acceptors (Lipinski definition) is 3. The van der Waals surface area contributed by atoms with Gasteiger partial charge in [-0.3, -0.25) is 4.79 Å². The van der Waals surface area contributed by atoms with Gasteiger partial charge in [-0.2, -0.15) is 0 Å². The molecule has 0 radical (unpaired) electrons. The summed E-state index contributed by atoms with van der Waals surface area (Å²) in [6.07, 6.45) is 3.39. The minimum atomic E-state index is -1.06. The fourth-order valence-corrected chi connectivity index (χ4v) is 1.19. The van der Waals surface area contributed by atoms with Crippen LogP contribution in [0.1, 0.15) is 22.3 Å². The van der Waals surface area contributed by atoms with Crippen LogP contribution in [0.25, 0.3) is 6.08 Å². The molecule has 0 saturated carbocycles. The van der Waals surface area contributed by atoms with Crippen LogP contribution in [0.5, 0.6) is 0 Å². The maximum Gasteiger partial charge on any atom is 0.337 e. The van der Waals surface area contributed by atoms with Gasteiger partial charge < -0.3 is 16.6 Å². The van der Waals surface area contributed by atoms with E-state index in [0.29, 0.717) is 0 Å². The van der Waals surface area contributed by atoms with Crippen LogP contribution in [-0.4, -0.2) is 17.0 Å². The second kappa shape index (κ2) is 4.97. The molecule has 1 amide bonds. The lowest BCUT2D eigenvalue weighted by molar-refractivity contribution is -0.117. The molecule has 5 N–H and O–H groups in total. The minimum Gasteiger partial charge on any atom is -0.478 e. The summed E-state index contributed by atoms with van der Waals surface area (Å²) in [6.45, 7) is 0. The number of carboxylic acids is 1. The van der Waals surface area contributed by atoms with Gasteiger partial charge >= 0.3 is 5.97 Å². The first-order chi connectivity index (χ1) is 7.50. The van der Waals surface area contributed by atoms with E-state index in [9.17, 15) is 9.59 Å². The highest BCUT2D eigenvalue weighted by Gasteiger charge is 2.06. The van der Waals surface area contributed by atoms with Gasteiger partial charge in [-0.1, -0.05) is 18.2 Å². The molecule has 1 aromatic carbocycles. The second-order valence-electron chi connectivity index (χ2n) is 3.22. The van der Waals surface area contributed by atoms with Crippen molar-refractivity contribution < 1.29 is 14.7 Å². The molecule has 0 bridgehead atoms. The van der Waals surface area contributed by atoms with Gasteiger partial charge in [0.2, 0.25) is 5.91 Å². The lowest BCUT2D eigenvalue weighted by Crippen LogP contribution is -2.07. The monoisotopic (exact) mass is 220 g/mol. The normalized spacial score (nSPS) is 10.5. The van der Waals surface area contributed by atoms with Crippen molar-refractivity contribution in [3.63, 3.8) is 0 Å². The molecule has 16 heavy (non-hydrogen) atoms. The average molecular weight is 220 g/mol. The third-order valence-electron chi connectivity index (χ3n) is 1.94. The van der Waals surface area contributed by atoms with E-state index in [-0.39, 0.29) is 17.7 Å². The first kappa shape index (κ1) is 11.8. The lowest BCUT2D eigenvalue weighted by Gasteiger charge is -2.01. The van der Waals surface area contributed by atoms with Crippen LogP contribution in [-0.2, 0) is 4.79 Å². The predicted octanol–water partition coefficient (Wildman–Crippen LogP) is 0.856. The van der Waals surface area contributed by atoms with E-state index in [1.54, 1.807) is 18.2 Å². The summed E-state index contributed by atoms with van der Waals surface area (Å²) >= 11 is 0. The van der Waals surface area contributed by atoms with E-state index in [0.717, 1.165) is 5.56 Å². The first-order valence-electron chi connectivity index (χ1n) is 4.58. The van der Waals surface area contributed by atoms with Crippen molar-refractivity contribution in [2.75, 3.05) is 5.73 Å². The zero-order valence-corrected chi connectivity index (χ0v) is 8.51. The molecular weight excluding hydrogens is 208 g/mol. The Morgan fingerprint density at radius 1 is 1.38 bits per heavy atom. The Morgan fingerprint density at radius 2 is 2.06 bits per heavy atom. The van der Waals surface area contributed by atoms with Gasteiger partial charge in [0.1, 0.15) is 0 Å². The zero-order chi connectivity index (χ0) is 12.1. The molecule has 0 aliphatic heterocycles. The standard InChI is InChI=1S/C11H12N2O3/c12-9-6-7(2-1-3-10(13)14)4-5-8(9)11(15)16/h1-2,4-6H,3,12H2,(H2,13,14)(H,15,16). The van der Waals surface area contributed by atoms with Crippen LogP contribution in [0.4, 0.5) is 5.69 Å². The maximum absolute atomic E-state index is 10.7. The number of carbonyl (C=O) groups is 2. The van der Waals surface area contributed by atoms with Gasteiger partial charge in [-0.05, 0) is 17.7 Å². The van der Waals surface area contributed by atoms with Crippen molar-refractivity contribution in [2.24, 2.45) is 5.73 Å². The summed E-state index contributed by atoms with van der Waals surface area (Å²) in [7, 11) is 0. The molecular formula is C11H12N2O3. The van der Waals surface area contributed by atoms with Gasteiger partial charge in [0.05, 0.1) is 5.56 Å². The molecule has 0 spiro atoms. The molecule has 5 nitrogen and oxygen atoms in total. The summed E-state index contributed by atoms with van der Waals surface area (Å²) < 4.78 is 0. The molecule has 0 saturated heterocycles. The molecule has 1 aromatic rings. The Kier molecular flexibility index (Phi) is 3.66. The van der Waals surface area contributed by atoms with Crippen molar-refractivity contribution in [3.05, 3.63) is 35.4 Å². The highest BCUT2D eigenvalue weighted by atomic mass is 16.4. The molecule has 0 heterocycles. The van der Waals surface area contributed by atoms with Crippen molar-refractivity contribution in [3.8, 4) is 0 Å². The number of nitrogen functional groups attached to an aromatic ring is 1. The molecule has 5 heteroatoms. The van der Waals surface area contributed by atoms with Gasteiger partial charge in [-0.15, -0.1) is 0 Å². The van der Waals surface area contributed by atoms with E-state index >= 15 is 0 Å². The summed E-state index contributed by atoms with van der Waals surface area (Å²) in [6, 6.07) is 4.56. The molecule has 0 aromatic heterocycles. The molecule has 0 fully saturated rings. The number of carbonyl (C=O) groups excluding carboxylic acids is 1. The smallest absolute Gasteiger partial charge is 0.337 e. The SMILES string of the molecule is NC(=O)CC=Cc1ccc(C(=O)O)c(N)c1. The lowest BCUT2D eigenvalue weighted by atomic mass is 10.1. The number of benzene rings is 1. The van der Waals surface area contributed by atoms with Crippen LogP contribution in [0, 0.1) is 0 Å². The number of hydrogen-bond donors (Lipinski definition) is 3. The van der Waals surface area contributed by atoms with E-state index in [1.165, 1.54) is 12.1 Å². The summed E-state index contributed by atoms with van der Waals surface area (Å²) in [5.41, 5.74) is 11.5. The number of primary amides is 1. The van der Waals surface area contributed by atoms with Crippen molar-refractivity contribution in [1.29, 1.82) is 0 Å². The van der Waals surface area contributed by atoms with Gasteiger partial charge in [0.15, 0.2) is 0 Å². The van der Waals surface area contributed by atoms with Crippen molar-refractivity contribution in [2.45, 2.75) is 6.42 Å². The van der Waals surface area contributed by atoms with Crippen LogP contribution in [0.2, 0.25) is 0 Å².